The Morgan fingerprint density at radius 3 is 2.75 bits per heavy atom. The van der Waals surface area contributed by atoms with Crippen LogP contribution in [0.25, 0.3) is 0 Å². The van der Waals surface area contributed by atoms with E-state index >= 15 is 0 Å². The zero-order valence-corrected chi connectivity index (χ0v) is 13.8. The lowest BCUT2D eigenvalue weighted by molar-refractivity contribution is -0.134. The Balaban J connectivity index is 1.47. The van der Waals surface area contributed by atoms with E-state index in [-0.39, 0.29) is 29.0 Å². The van der Waals surface area contributed by atoms with Gasteiger partial charge >= 0.3 is 0 Å². The molecule has 4 rings (SSSR count). The maximum Gasteiger partial charge on any atom is 0.227 e. The first-order chi connectivity index (χ1) is 11.6. The number of rotatable bonds is 2. The molecule has 2 saturated heterocycles. The lowest BCUT2D eigenvalue weighted by Gasteiger charge is -2.25. The second kappa shape index (κ2) is 5.87. The van der Waals surface area contributed by atoms with Crippen LogP contribution in [0.15, 0.2) is 24.3 Å². The number of hydrogen-bond acceptors (Lipinski definition) is 2. The zero-order chi connectivity index (χ0) is 16.7. The Labute approximate surface area is 141 Å². The Hall–Kier alpha value is -1.91. The predicted molar refractivity (Wildman–Crippen MR) is 89.0 cm³/mol. The summed E-state index contributed by atoms with van der Waals surface area (Å²) in [4.78, 5) is 28.8. The van der Waals surface area contributed by atoms with Crippen molar-refractivity contribution in [1.29, 1.82) is 0 Å². The van der Waals surface area contributed by atoms with Crippen LogP contribution in [-0.4, -0.2) is 36.3 Å². The van der Waals surface area contributed by atoms with E-state index in [4.69, 9.17) is 0 Å². The monoisotopic (exact) mass is 330 g/mol. The number of amides is 2. The van der Waals surface area contributed by atoms with Crippen LogP contribution in [0.1, 0.15) is 38.5 Å². The topological polar surface area (TPSA) is 40.6 Å². The van der Waals surface area contributed by atoms with Crippen molar-refractivity contribution in [2.45, 2.75) is 38.5 Å². The van der Waals surface area contributed by atoms with E-state index in [1.165, 1.54) is 12.1 Å². The molecule has 24 heavy (non-hydrogen) atoms. The van der Waals surface area contributed by atoms with E-state index in [2.05, 4.69) is 0 Å². The molecular formula is C19H23FN2O2. The number of nitrogens with zero attached hydrogens (tertiary/aromatic N) is 2. The second-order valence-corrected chi connectivity index (χ2v) is 7.63. The molecule has 1 spiro atoms. The van der Waals surface area contributed by atoms with Gasteiger partial charge in [-0.05, 0) is 37.5 Å². The minimum Gasteiger partial charge on any atom is -0.342 e. The van der Waals surface area contributed by atoms with E-state index in [9.17, 15) is 14.0 Å². The van der Waals surface area contributed by atoms with Gasteiger partial charge in [0.15, 0.2) is 0 Å². The lowest BCUT2D eigenvalue weighted by Crippen LogP contribution is -2.36. The van der Waals surface area contributed by atoms with Gasteiger partial charge in [-0.25, -0.2) is 4.39 Å². The molecule has 4 nitrogen and oxygen atoms in total. The summed E-state index contributed by atoms with van der Waals surface area (Å²) < 4.78 is 13.5. The van der Waals surface area contributed by atoms with Crippen molar-refractivity contribution in [3.63, 3.8) is 0 Å². The van der Waals surface area contributed by atoms with Gasteiger partial charge in [0.05, 0.1) is 0 Å². The van der Waals surface area contributed by atoms with Crippen molar-refractivity contribution in [1.82, 2.24) is 4.90 Å². The molecule has 3 aliphatic rings. The van der Waals surface area contributed by atoms with E-state index in [0.29, 0.717) is 25.2 Å². The third-order valence-electron chi connectivity index (χ3n) is 5.90. The number of benzene rings is 1. The number of likely N-dealkylation sites (tertiary alicyclic amines) is 1. The summed E-state index contributed by atoms with van der Waals surface area (Å²) in [6.45, 7) is 2.00. The van der Waals surface area contributed by atoms with Crippen molar-refractivity contribution in [2.24, 2.45) is 11.3 Å². The van der Waals surface area contributed by atoms with Crippen LogP contribution in [0.2, 0.25) is 0 Å². The molecule has 128 valence electrons. The SMILES string of the molecule is O=C(C1CCCC1)N1CC[C@@]2(CC(=O)N(c3cccc(F)c3)C2)C1. The van der Waals surface area contributed by atoms with E-state index in [0.717, 1.165) is 38.6 Å². The van der Waals surface area contributed by atoms with E-state index < -0.39 is 0 Å². The summed E-state index contributed by atoms with van der Waals surface area (Å²) in [7, 11) is 0. The Morgan fingerprint density at radius 1 is 1.21 bits per heavy atom. The fraction of sp³-hybridized carbons (Fsp3) is 0.579. The molecule has 1 saturated carbocycles. The van der Waals surface area contributed by atoms with Gasteiger partial charge in [0, 0.05) is 43.1 Å². The van der Waals surface area contributed by atoms with Crippen molar-refractivity contribution in [3.8, 4) is 0 Å². The van der Waals surface area contributed by atoms with Gasteiger partial charge in [-0.2, -0.15) is 0 Å². The van der Waals surface area contributed by atoms with Gasteiger partial charge in [-0.1, -0.05) is 18.9 Å². The van der Waals surface area contributed by atoms with Gasteiger partial charge in [0.25, 0.3) is 0 Å². The number of carbonyl (C=O) groups excluding carboxylic acids is 2. The highest BCUT2D eigenvalue weighted by molar-refractivity contribution is 5.96. The molecule has 1 aliphatic carbocycles. The lowest BCUT2D eigenvalue weighted by atomic mass is 9.86. The van der Waals surface area contributed by atoms with Crippen LogP contribution in [0.5, 0.6) is 0 Å². The van der Waals surface area contributed by atoms with Gasteiger partial charge in [-0.15, -0.1) is 0 Å². The standard InChI is InChI=1S/C19H23FN2O2/c20-15-6-3-7-16(10-15)22-13-19(11-17(22)23)8-9-21(12-19)18(24)14-4-1-2-5-14/h3,6-7,10,14H,1-2,4-5,8-9,11-13H2/t19-/m1/s1. The van der Waals surface area contributed by atoms with Crippen LogP contribution in [0.4, 0.5) is 10.1 Å². The fourth-order valence-corrected chi connectivity index (χ4v) is 4.60. The van der Waals surface area contributed by atoms with E-state index in [1.807, 2.05) is 4.90 Å². The van der Waals surface area contributed by atoms with Crippen LogP contribution in [0, 0.1) is 17.2 Å². The minimum absolute atomic E-state index is 0.0377. The molecule has 0 bridgehead atoms. The summed E-state index contributed by atoms with van der Waals surface area (Å²) in [5.74, 6) is 0.180. The first-order valence-corrected chi connectivity index (χ1v) is 8.91. The van der Waals surface area contributed by atoms with Crippen molar-refractivity contribution >= 4 is 17.5 Å². The number of carbonyl (C=O) groups is 2. The summed E-state index contributed by atoms with van der Waals surface area (Å²) in [5, 5.41) is 0. The summed E-state index contributed by atoms with van der Waals surface area (Å²) >= 11 is 0. The Kier molecular flexibility index (Phi) is 3.82. The minimum atomic E-state index is -0.328. The largest absolute Gasteiger partial charge is 0.342 e. The zero-order valence-electron chi connectivity index (χ0n) is 13.8. The molecule has 2 heterocycles. The molecule has 1 aromatic carbocycles. The Morgan fingerprint density at radius 2 is 2.00 bits per heavy atom. The number of hydrogen-bond donors (Lipinski definition) is 0. The third-order valence-corrected chi connectivity index (χ3v) is 5.90. The molecule has 1 aromatic rings. The van der Waals surface area contributed by atoms with Crippen LogP contribution in [0.3, 0.4) is 0 Å². The van der Waals surface area contributed by atoms with Gasteiger partial charge in [0.1, 0.15) is 5.82 Å². The molecular weight excluding hydrogens is 307 g/mol. The van der Waals surface area contributed by atoms with Gasteiger partial charge < -0.3 is 9.80 Å². The summed E-state index contributed by atoms with van der Waals surface area (Å²) in [5.41, 5.74) is 0.468. The Bertz CT molecular complexity index is 671. The first-order valence-electron chi connectivity index (χ1n) is 8.91. The van der Waals surface area contributed by atoms with Crippen molar-refractivity contribution in [2.75, 3.05) is 24.5 Å². The highest BCUT2D eigenvalue weighted by atomic mass is 19.1. The number of anilines is 1. The van der Waals surface area contributed by atoms with E-state index in [1.54, 1.807) is 17.0 Å². The third kappa shape index (κ3) is 2.70. The normalized spacial score (nSPS) is 27.6. The molecule has 0 aromatic heterocycles. The van der Waals surface area contributed by atoms with Gasteiger partial charge in [0.2, 0.25) is 11.8 Å². The van der Waals surface area contributed by atoms with Crippen LogP contribution < -0.4 is 4.90 Å². The molecule has 1 atom stereocenters. The molecule has 3 fully saturated rings. The molecule has 0 N–H and O–H groups in total. The highest BCUT2D eigenvalue weighted by Gasteiger charge is 2.49. The highest BCUT2D eigenvalue weighted by Crippen LogP contribution is 2.42. The maximum absolute atomic E-state index is 13.5. The number of halogens is 1. The quantitative estimate of drug-likeness (QED) is 0.836. The molecule has 2 amide bonds. The first kappa shape index (κ1) is 15.6. The van der Waals surface area contributed by atoms with Gasteiger partial charge in [-0.3, -0.25) is 9.59 Å². The molecule has 2 aliphatic heterocycles. The molecule has 5 heteroatoms. The predicted octanol–water partition coefficient (Wildman–Crippen LogP) is 2.97. The molecule has 0 radical (unpaired) electrons. The maximum atomic E-state index is 13.5. The smallest absolute Gasteiger partial charge is 0.227 e. The average Bonchev–Trinajstić information content (AvgIpc) is 3.28. The van der Waals surface area contributed by atoms with Crippen molar-refractivity contribution in [3.05, 3.63) is 30.1 Å². The summed E-state index contributed by atoms with van der Waals surface area (Å²) in [6.07, 6.45) is 5.65. The summed E-state index contributed by atoms with van der Waals surface area (Å²) in [6, 6.07) is 6.20. The van der Waals surface area contributed by atoms with Crippen molar-refractivity contribution < 1.29 is 14.0 Å². The second-order valence-electron chi connectivity index (χ2n) is 7.63. The van der Waals surface area contributed by atoms with Crippen LogP contribution >= 0.6 is 0 Å². The molecule has 0 unspecified atom stereocenters. The van der Waals surface area contributed by atoms with Crippen LogP contribution in [-0.2, 0) is 9.59 Å². The average molecular weight is 330 g/mol. The fourth-order valence-electron chi connectivity index (χ4n) is 4.60.